The Hall–Kier alpha value is -1.95. The molecule has 0 spiro atoms. The standard InChI is InChI=1S/C17H20FNO4/c1-19-12-7-8-13(19)15(17(21)22-2)14(9-12)23-16(20)10-3-5-11(18)6-4-10/h3-6,12-15H,7-9H2,1-2H3/t12-,13-,14-,15+/m0/s1. The molecule has 0 radical (unpaired) electrons. The normalized spacial score (nSPS) is 30.0. The van der Waals surface area contributed by atoms with Crippen LogP contribution in [-0.4, -0.2) is 49.2 Å². The first-order valence-electron chi connectivity index (χ1n) is 7.77. The first-order chi connectivity index (χ1) is 11.0. The number of ether oxygens (including phenoxy) is 2. The van der Waals surface area contributed by atoms with Crippen molar-refractivity contribution in [3.8, 4) is 0 Å². The fraction of sp³-hybridized carbons (Fsp3) is 0.529. The van der Waals surface area contributed by atoms with E-state index in [1.54, 1.807) is 0 Å². The largest absolute Gasteiger partial charge is 0.469 e. The average Bonchev–Trinajstić information content (AvgIpc) is 2.78. The summed E-state index contributed by atoms with van der Waals surface area (Å²) in [6, 6.07) is 5.54. The number of rotatable bonds is 3. The highest BCUT2D eigenvalue weighted by atomic mass is 19.1. The molecule has 0 aromatic heterocycles. The molecule has 1 aromatic carbocycles. The first kappa shape index (κ1) is 15.9. The number of hydrogen-bond donors (Lipinski definition) is 0. The van der Waals surface area contributed by atoms with Crippen molar-refractivity contribution in [2.24, 2.45) is 5.92 Å². The van der Waals surface area contributed by atoms with E-state index in [-0.39, 0.29) is 17.6 Å². The number of hydrogen-bond acceptors (Lipinski definition) is 5. The van der Waals surface area contributed by atoms with Crippen molar-refractivity contribution >= 4 is 11.9 Å². The summed E-state index contributed by atoms with van der Waals surface area (Å²) < 4.78 is 23.5. The molecule has 2 aliphatic heterocycles. The molecule has 2 heterocycles. The Morgan fingerprint density at radius 2 is 1.91 bits per heavy atom. The van der Waals surface area contributed by atoms with E-state index in [0.717, 1.165) is 12.8 Å². The summed E-state index contributed by atoms with van der Waals surface area (Å²) in [6.07, 6.45) is 1.98. The van der Waals surface area contributed by atoms with Crippen molar-refractivity contribution in [2.75, 3.05) is 14.2 Å². The summed E-state index contributed by atoms with van der Waals surface area (Å²) in [6.45, 7) is 0. The molecule has 23 heavy (non-hydrogen) atoms. The van der Waals surface area contributed by atoms with Crippen LogP contribution < -0.4 is 0 Å². The van der Waals surface area contributed by atoms with Gasteiger partial charge in [0.25, 0.3) is 0 Å². The number of carbonyl (C=O) groups excluding carboxylic acids is 2. The zero-order valence-corrected chi connectivity index (χ0v) is 13.2. The number of esters is 2. The Balaban J connectivity index is 1.78. The van der Waals surface area contributed by atoms with Crippen LogP contribution in [0.1, 0.15) is 29.6 Å². The predicted octanol–water partition coefficient (Wildman–Crippen LogP) is 2.01. The second-order valence-corrected chi connectivity index (χ2v) is 6.20. The van der Waals surface area contributed by atoms with Crippen LogP contribution in [0.2, 0.25) is 0 Å². The maximum Gasteiger partial charge on any atom is 0.338 e. The minimum absolute atomic E-state index is 0.0345. The maximum atomic E-state index is 13.0. The van der Waals surface area contributed by atoms with E-state index in [1.165, 1.54) is 31.4 Å². The van der Waals surface area contributed by atoms with Crippen LogP contribution in [0.15, 0.2) is 24.3 Å². The third kappa shape index (κ3) is 2.95. The van der Waals surface area contributed by atoms with Gasteiger partial charge in [0.15, 0.2) is 0 Å². The first-order valence-corrected chi connectivity index (χ1v) is 7.77. The van der Waals surface area contributed by atoms with Gasteiger partial charge in [0.2, 0.25) is 0 Å². The molecule has 2 fully saturated rings. The van der Waals surface area contributed by atoms with E-state index in [9.17, 15) is 14.0 Å². The SMILES string of the molecule is COC(=O)[C@H]1[C@@H](OC(=O)c2ccc(F)cc2)C[C@@H]2CC[C@@H]1N2C. The van der Waals surface area contributed by atoms with Crippen molar-refractivity contribution in [3.63, 3.8) is 0 Å². The lowest BCUT2D eigenvalue weighted by atomic mass is 9.87. The van der Waals surface area contributed by atoms with E-state index < -0.39 is 23.8 Å². The highest BCUT2D eigenvalue weighted by Crippen LogP contribution is 2.40. The molecule has 0 aliphatic carbocycles. The average molecular weight is 321 g/mol. The number of methoxy groups -OCH3 is 1. The zero-order valence-electron chi connectivity index (χ0n) is 13.2. The third-order valence-corrected chi connectivity index (χ3v) is 5.03. The van der Waals surface area contributed by atoms with Crippen molar-refractivity contribution in [1.29, 1.82) is 0 Å². The van der Waals surface area contributed by atoms with E-state index >= 15 is 0 Å². The van der Waals surface area contributed by atoms with Crippen LogP contribution in [0.3, 0.4) is 0 Å². The molecule has 0 unspecified atom stereocenters. The van der Waals surface area contributed by atoms with Gasteiger partial charge in [-0.05, 0) is 44.2 Å². The Kier molecular flexibility index (Phi) is 4.35. The van der Waals surface area contributed by atoms with Crippen molar-refractivity contribution in [3.05, 3.63) is 35.6 Å². The third-order valence-electron chi connectivity index (χ3n) is 5.03. The van der Waals surface area contributed by atoms with Crippen molar-refractivity contribution in [1.82, 2.24) is 4.90 Å². The number of carbonyl (C=O) groups is 2. The Morgan fingerprint density at radius 3 is 2.57 bits per heavy atom. The summed E-state index contributed by atoms with van der Waals surface area (Å²) >= 11 is 0. The molecule has 5 nitrogen and oxygen atoms in total. The predicted molar refractivity (Wildman–Crippen MR) is 80.3 cm³/mol. The van der Waals surface area contributed by atoms with Crippen molar-refractivity contribution < 1.29 is 23.5 Å². The summed E-state index contributed by atoms with van der Waals surface area (Å²) in [5, 5.41) is 0. The van der Waals surface area contributed by atoms with Crippen LogP contribution in [-0.2, 0) is 14.3 Å². The van der Waals surface area contributed by atoms with Gasteiger partial charge >= 0.3 is 11.9 Å². The molecule has 0 saturated carbocycles. The molecule has 4 atom stereocenters. The van der Waals surface area contributed by atoms with Gasteiger partial charge < -0.3 is 9.47 Å². The van der Waals surface area contributed by atoms with Gasteiger partial charge in [-0.3, -0.25) is 9.69 Å². The van der Waals surface area contributed by atoms with E-state index in [2.05, 4.69) is 4.90 Å². The second-order valence-electron chi connectivity index (χ2n) is 6.20. The fourth-order valence-corrected chi connectivity index (χ4v) is 3.78. The monoisotopic (exact) mass is 321 g/mol. The topological polar surface area (TPSA) is 55.8 Å². The molecule has 0 amide bonds. The highest BCUT2D eigenvalue weighted by Gasteiger charge is 2.50. The highest BCUT2D eigenvalue weighted by molar-refractivity contribution is 5.89. The second kappa shape index (κ2) is 6.28. The summed E-state index contributed by atoms with van der Waals surface area (Å²) in [7, 11) is 3.35. The Morgan fingerprint density at radius 1 is 1.22 bits per heavy atom. The summed E-state index contributed by atoms with van der Waals surface area (Å²) in [5.41, 5.74) is 0.279. The number of halogens is 1. The molecule has 2 bridgehead atoms. The van der Waals surface area contributed by atoms with Crippen LogP contribution in [0, 0.1) is 11.7 Å². The molecular weight excluding hydrogens is 301 g/mol. The van der Waals surface area contributed by atoms with Gasteiger partial charge in [0, 0.05) is 18.5 Å². The molecular formula is C17H20FNO4. The van der Waals surface area contributed by atoms with Crippen LogP contribution in [0.5, 0.6) is 0 Å². The lowest BCUT2D eigenvalue weighted by Crippen LogP contribution is -2.53. The molecule has 2 saturated heterocycles. The fourth-order valence-electron chi connectivity index (χ4n) is 3.78. The van der Waals surface area contributed by atoms with E-state index in [1.807, 2.05) is 7.05 Å². The maximum absolute atomic E-state index is 13.0. The molecule has 124 valence electrons. The van der Waals surface area contributed by atoms with Gasteiger partial charge in [0.05, 0.1) is 12.7 Å². The number of piperidine rings is 1. The minimum atomic E-state index is -0.534. The number of fused-ring (bicyclic) bond motifs is 2. The zero-order chi connectivity index (χ0) is 16.6. The van der Waals surface area contributed by atoms with E-state index in [4.69, 9.17) is 9.47 Å². The molecule has 0 N–H and O–H groups in total. The van der Waals surface area contributed by atoms with Gasteiger partial charge in [-0.2, -0.15) is 0 Å². The van der Waals surface area contributed by atoms with Crippen molar-refractivity contribution in [2.45, 2.75) is 37.5 Å². The summed E-state index contributed by atoms with van der Waals surface area (Å²) in [5.74, 6) is -1.77. The van der Waals surface area contributed by atoms with Gasteiger partial charge in [-0.25, -0.2) is 9.18 Å². The molecule has 2 aliphatic rings. The summed E-state index contributed by atoms with van der Waals surface area (Å²) in [4.78, 5) is 26.7. The minimum Gasteiger partial charge on any atom is -0.469 e. The van der Waals surface area contributed by atoms with Crippen LogP contribution in [0.25, 0.3) is 0 Å². The Labute approximate surface area is 134 Å². The van der Waals surface area contributed by atoms with Crippen LogP contribution in [0.4, 0.5) is 4.39 Å². The Bertz CT molecular complexity index is 603. The van der Waals surface area contributed by atoms with Gasteiger partial charge in [0.1, 0.15) is 17.8 Å². The molecule has 6 heteroatoms. The van der Waals surface area contributed by atoms with Gasteiger partial charge in [-0.15, -0.1) is 0 Å². The molecule has 1 aromatic rings. The van der Waals surface area contributed by atoms with Crippen LogP contribution >= 0.6 is 0 Å². The smallest absolute Gasteiger partial charge is 0.338 e. The number of benzene rings is 1. The van der Waals surface area contributed by atoms with Gasteiger partial charge in [-0.1, -0.05) is 0 Å². The quantitative estimate of drug-likeness (QED) is 0.797. The molecule has 3 rings (SSSR count). The lowest BCUT2D eigenvalue weighted by molar-refractivity contribution is -0.156. The van der Waals surface area contributed by atoms with E-state index in [0.29, 0.717) is 12.5 Å². The lowest BCUT2D eigenvalue weighted by Gasteiger charge is -2.40. The number of nitrogens with zero attached hydrogens (tertiary/aromatic N) is 1.